The molecule has 0 amide bonds. The van der Waals surface area contributed by atoms with E-state index in [1.54, 1.807) is 6.08 Å². The van der Waals surface area contributed by atoms with Crippen molar-refractivity contribution in [2.45, 2.75) is 51.4 Å². The summed E-state index contributed by atoms with van der Waals surface area (Å²) < 4.78 is 10.7. The number of allylic oxidation sites excluding steroid dienone is 3. The third-order valence-corrected chi connectivity index (χ3v) is 4.09. The Morgan fingerprint density at radius 2 is 1.54 bits per heavy atom. The highest BCUT2D eigenvalue weighted by Gasteiger charge is 2.35. The molecule has 0 fully saturated rings. The van der Waals surface area contributed by atoms with Crippen molar-refractivity contribution >= 4 is 11.9 Å². The highest BCUT2D eigenvalue weighted by atomic mass is 16.5. The number of unbranched alkanes of at least 4 members (excludes halogenated alkanes) is 4. The summed E-state index contributed by atoms with van der Waals surface area (Å²) in [4.78, 5) is 24.5. The minimum Gasteiger partial charge on any atom is -0.465 e. The summed E-state index contributed by atoms with van der Waals surface area (Å²) >= 11 is 0. The summed E-state index contributed by atoms with van der Waals surface area (Å²) in [5.74, 6) is -1.54. The average Bonchev–Trinajstić information content (AvgIpc) is 2.61. The molecule has 0 radical (unpaired) electrons. The van der Waals surface area contributed by atoms with Crippen LogP contribution in [0.2, 0.25) is 0 Å². The van der Waals surface area contributed by atoms with Gasteiger partial charge in [-0.2, -0.15) is 0 Å². The van der Waals surface area contributed by atoms with Crippen LogP contribution in [-0.2, 0) is 19.1 Å². The molecule has 0 spiro atoms. The van der Waals surface area contributed by atoms with E-state index in [0.717, 1.165) is 44.9 Å². The van der Waals surface area contributed by atoms with Crippen molar-refractivity contribution in [3.05, 3.63) is 37.5 Å². The van der Waals surface area contributed by atoms with Gasteiger partial charge in [0, 0.05) is 0 Å². The van der Waals surface area contributed by atoms with Crippen LogP contribution >= 0.6 is 0 Å². The molecule has 0 aromatic rings. The van der Waals surface area contributed by atoms with Gasteiger partial charge < -0.3 is 9.47 Å². The number of ether oxygens (including phenoxy) is 2. The van der Waals surface area contributed by atoms with Gasteiger partial charge in [0.2, 0.25) is 0 Å². The fourth-order valence-electron chi connectivity index (χ4n) is 2.67. The first kappa shape index (κ1) is 20.2. The van der Waals surface area contributed by atoms with E-state index in [4.69, 9.17) is 9.47 Å². The predicted molar refractivity (Wildman–Crippen MR) is 95.4 cm³/mol. The number of rotatable bonds is 12. The van der Waals surface area contributed by atoms with Crippen LogP contribution in [0.5, 0.6) is 0 Å². The lowest BCUT2D eigenvalue weighted by Crippen LogP contribution is -2.33. The maximum atomic E-state index is 12.3. The molecule has 1 rings (SSSR count). The molecule has 2 atom stereocenters. The van der Waals surface area contributed by atoms with Crippen molar-refractivity contribution in [3.63, 3.8) is 0 Å². The van der Waals surface area contributed by atoms with Gasteiger partial charge >= 0.3 is 11.9 Å². The van der Waals surface area contributed by atoms with E-state index < -0.39 is 11.8 Å². The molecule has 0 heterocycles. The maximum absolute atomic E-state index is 12.3. The van der Waals surface area contributed by atoms with Crippen molar-refractivity contribution < 1.29 is 19.1 Å². The van der Waals surface area contributed by atoms with Crippen LogP contribution < -0.4 is 0 Å². The third kappa shape index (κ3) is 7.62. The lowest BCUT2D eigenvalue weighted by atomic mass is 9.84. The zero-order chi connectivity index (χ0) is 17.6. The molecule has 134 valence electrons. The highest BCUT2D eigenvalue weighted by molar-refractivity contribution is 5.83. The second-order valence-corrected chi connectivity index (χ2v) is 6.04. The molecule has 0 saturated heterocycles. The van der Waals surface area contributed by atoms with Gasteiger partial charge in [-0.15, -0.1) is 13.2 Å². The molecule has 2 unspecified atom stereocenters. The largest absolute Gasteiger partial charge is 0.465 e. The molecule has 0 aliphatic heterocycles. The SMILES string of the molecule is C=CCCCCOC(=O)C1C=CCCC1C(=O)OCCCCC=C. The zero-order valence-corrected chi connectivity index (χ0v) is 14.6. The molecule has 0 aromatic carbocycles. The van der Waals surface area contributed by atoms with Gasteiger partial charge in [-0.3, -0.25) is 9.59 Å². The molecule has 0 bridgehead atoms. The fourth-order valence-corrected chi connectivity index (χ4v) is 2.67. The molecule has 4 nitrogen and oxygen atoms in total. The summed E-state index contributed by atoms with van der Waals surface area (Å²) in [7, 11) is 0. The van der Waals surface area contributed by atoms with Gasteiger partial charge in [-0.05, 0) is 51.4 Å². The Kier molecular flexibility index (Phi) is 10.6. The second-order valence-electron chi connectivity index (χ2n) is 6.04. The highest BCUT2D eigenvalue weighted by Crippen LogP contribution is 2.27. The number of hydrogen-bond acceptors (Lipinski definition) is 4. The van der Waals surface area contributed by atoms with E-state index >= 15 is 0 Å². The lowest BCUT2D eigenvalue weighted by molar-refractivity contribution is -0.159. The Balaban J connectivity index is 2.39. The topological polar surface area (TPSA) is 52.6 Å². The van der Waals surface area contributed by atoms with E-state index in [9.17, 15) is 9.59 Å². The molecule has 1 aliphatic carbocycles. The van der Waals surface area contributed by atoms with Crippen LogP contribution in [-0.4, -0.2) is 25.2 Å². The lowest BCUT2D eigenvalue weighted by Gasteiger charge is -2.24. The molecule has 24 heavy (non-hydrogen) atoms. The minimum absolute atomic E-state index is 0.286. The molecular formula is C20H30O4. The Labute approximate surface area is 145 Å². The summed E-state index contributed by atoms with van der Waals surface area (Å²) in [6.07, 6.45) is 14.2. The number of esters is 2. The molecule has 0 N–H and O–H groups in total. The molecular weight excluding hydrogens is 304 g/mol. The first-order valence-corrected chi connectivity index (χ1v) is 8.92. The van der Waals surface area contributed by atoms with Crippen LogP contribution in [0.4, 0.5) is 0 Å². The van der Waals surface area contributed by atoms with Crippen molar-refractivity contribution in [3.8, 4) is 0 Å². The number of hydrogen-bond donors (Lipinski definition) is 0. The van der Waals surface area contributed by atoms with E-state index in [-0.39, 0.29) is 11.9 Å². The van der Waals surface area contributed by atoms with Gasteiger partial charge in [-0.25, -0.2) is 0 Å². The van der Waals surface area contributed by atoms with Gasteiger partial charge in [0.25, 0.3) is 0 Å². The predicted octanol–water partition coefficient (Wildman–Crippen LogP) is 4.37. The molecule has 4 heteroatoms. The standard InChI is InChI=1S/C20H30O4/c1-3-5-7-11-15-23-19(21)17-13-9-10-14-18(17)20(22)24-16-12-8-6-4-2/h3-4,9,13,17-18H,1-2,5-8,10-12,14-16H2. The van der Waals surface area contributed by atoms with Gasteiger partial charge in [0.05, 0.1) is 25.0 Å². The van der Waals surface area contributed by atoms with Crippen LogP contribution in [0.25, 0.3) is 0 Å². The summed E-state index contributed by atoms with van der Waals surface area (Å²) in [6, 6.07) is 0. The fraction of sp³-hybridized carbons (Fsp3) is 0.600. The molecule has 1 aliphatic rings. The minimum atomic E-state index is -0.515. The Morgan fingerprint density at radius 3 is 2.12 bits per heavy atom. The van der Waals surface area contributed by atoms with E-state index in [2.05, 4.69) is 13.2 Å². The normalized spacial score (nSPS) is 19.5. The quantitative estimate of drug-likeness (QED) is 0.302. The molecule has 0 saturated carbocycles. The van der Waals surface area contributed by atoms with Crippen LogP contribution in [0.3, 0.4) is 0 Å². The van der Waals surface area contributed by atoms with Gasteiger partial charge in [-0.1, -0.05) is 24.3 Å². The van der Waals surface area contributed by atoms with E-state index in [1.807, 2.05) is 18.2 Å². The summed E-state index contributed by atoms with van der Waals surface area (Å²) in [5.41, 5.74) is 0. The van der Waals surface area contributed by atoms with E-state index in [1.165, 1.54) is 0 Å². The zero-order valence-electron chi connectivity index (χ0n) is 14.6. The Morgan fingerprint density at radius 1 is 0.958 bits per heavy atom. The van der Waals surface area contributed by atoms with Gasteiger partial charge in [0.1, 0.15) is 0 Å². The first-order valence-electron chi connectivity index (χ1n) is 8.92. The average molecular weight is 334 g/mol. The van der Waals surface area contributed by atoms with E-state index in [0.29, 0.717) is 19.6 Å². The Hall–Kier alpha value is -1.84. The van der Waals surface area contributed by atoms with Gasteiger partial charge in [0.15, 0.2) is 0 Å². The number of carbonyl (C=O) groups excluding carboxylic acids is 2. The summed E-state index contributed by atoms with van der Waals surface area (Å²) in [5, 5.41) is 0. The second kappa shape index (κ2) is 12.6. The van der Waals surface area contributed by atoms with Crippen molar-refractivity contribution in [2.75, 3.05) is 13.2 Å². The smallest absolute Gasteiger partial charge is 0.313 e. The molecule has 0 aromatic heterocycles. The number of carbonyl (C=O) groups is 2. The first-order chi connectivity index (χ1) is 11.7. The van der Waals surface area contributed by atoms with Crippen LogP contribution in [0.15, 0.2) is 37.5 Å². The van der Waals surface area contributed by atoms with Crippen molar-refractivity contribution in [2.24, 2.45) is 11.8 Å². The monoisotopic (exact) mass is 334 g/mol. The van der Waals surface area contributed by atoms with Crippen LogP contribution in [0.1, 0.15) is 51.4 Å². The Bertz CT molecular complexity index is 439. The van der Waals surface area contributed by atoms with Crippen molar-refractivity contribution in [1.29, 1.82) is 0 Å². The summed E-state index contributed by atoms with van der Waals surface area (Å²) in [6.45, 7) is 8.12. The maximum Gasteiger partial charge on any atom is 0.313 e. The third-order valence-electron chi connectivity index (χ3n) is 4.09. The van der Waals surface area contributed by atoms with Crippen molar-refractivity contribution in [1.82, 2.24) is 0 Å². The van der Waals surface area contributed by atoms with Crippen LogP contribution in [0, 0.1) is 11.8 Å².